The molecule has 0 aliphatic rings. The van der Waals surface area contributed by atoms with Crippen LogP contribution in [0, 0.1) is 20.8 Å². The number of nitrogens with zero attached hydrogens (tertiary/aromatic N) is 1. The van der Waals surface area contributed by atoms with E-state index in [2.05, 4.69) is 4.98 Å². The molecule has 0 aliphatic heterocycles. The maximum absolute atomic E-state index is 9.48. The molecule has 2 rings (SSSR count). The molecule has 0 saturated carbocycles. The first-order valence-corrected chi connectivity index (χ1v) is 4.65. The topological polar surface area (TPSA) is 33.1 Å². The van der Waals surface area contributed by atoms with E-state index in [1.165, 1.54) is 0 Å². The maximum Gasteiger partial charge on any atom is 0.116 e. The van der Waals surface area contributed by atoms with Crippen LogP contribution in [0.5, 0.6) is 5.75 Å². The molecule has 0 atom stereocenters. The zero-order valence-electron chi connectivity index (χ0n) is 8.63. The number of rotatable bonds is 0. The Morgan fingerprint density at radius 1 is 1.00 bits per heavy atom. The van der Waals surface area contributed by atoms with Crippen molar-refractivity contribution in [3.63, 3.8) is 0 Å². The monoisotopic (exact) mass is 187 g/mol. The highest BCUT2D eigenvalue weighted by atomic mass is 16.3. The largest absolute Gasteiger partial charge is 0.508 e. The van der Waals surface area contributed by atoms with E-state index >= 15 is 0 Å². The van der Waals surface area contributed by atoms with Gasteiger partial charge in [0.1, 0.15) is 5.75 Å². The van der Waals surface area contributed by atoms with Crippen LogP contribution in [0.15, 0.2) is 18.2 Å². The van der Waals surface area contributed by atoms with Crippen molar-refractivity contribution >= 4 is 10.9 Å². The summed E-state index contributed by atoms with van der Waals surface area (Å²) in [6, 6.07) is 5.54. The lowest BCUT2D eigenvalue weighted by molar-refractivity contribution is 0.475. The number of hydrogen-bond acceptors (Lipinski definition) is 2. The molecule has 0 unspecified atom stereocenters. The fourth-order valence-corrected chi connectivity index (χ4v) is 1.81. The van der Waals surface area contributed by atoms with Crippen LogP contribution in [0.4, 0.5) is 0 Å². The Kier molecular flexibility index (Phi) is 1.92. The Balaban J connectivity index is 2.94. The number of aromatic nitrogens is 1. The van der Waals surface area contributed by atoms with Crippen molar-refractivity contribution in [2.75, 3.05) is 0 Å². The Hall–Kier alpha value is -1.57. The van der Waals surface area contributed by atoms with Crippen molar-refractivity contribution in [3.05, 3.63) is 35.0 Å². The third kappa shape index (κ3) is 1.33. The number of aromatic hydroxyl groups is 1. The number of pyridine rings is 1. The summed E-state index contributed by atoms with van der Waals surface area (Å²) in [5.41, 5.74) is 4.18. The van der Waals surface area contributed by atoms with E-state index in [9.17, 15) is 5.11 Å². The van der Waals surface area contributed by atoms with Gasteiger partial charge in [0.2, 0.25) is 0 Å². The zero-order valence-corrected chi connectivity index (χ0v) is 8.63. The van der Waals surface area contributed by atoms with Crippen LogP contribution < -0.4 is 0 Å². The van der Waals surface area contributed by atoms with Crippen LogP contribution in [-0.2, 0) is 0 Å². The molecule has 0 saturated heterocycles. The van der Waals surface area contributed by atoms with Gasteiger partial charge < -0.3 is 5.11 Å². The number of phenols is 1. The predicted octanol–water partition coefficient (Wildman–Crippen LogP) is 2.87. The summed E-state index contributed by atoms with van der Waals surface area (Å²) in [5, 5.41) is 10.5. The summed E-state index contributed by atoms with van der Waals surface area (Å²) in [6.07, 6.45) is 0. The summed E-state index contributed by atoms with van der Waals surface area (Å²) >= 11 is 0. The molecule has 0 amide bonds. The molecule has 0 aliphatic carbocycles. The summed E-state index contributed by atoms with van der Waals surface area (Å²) in [4.78, 5) is 4.47. The number of hydrogen-bond donors (Lipinski definition) is 1. The minimum absolute atomic E-state index is 0.309. The number of benzene rings is 1. The molecule has 1 N–H and O–H groups in total. The van der Waals surface area contributed by atoms with Crippen LogP contribution in [-0.4, -0.2) is 10.1 Å². The Labute approximate surface area is 83.2 Å². The molecule has 1 heterocycles. The first kappa shape index (κ1) is 9.00. The molecular weight excluding hydrogens is 174 g/mol. The van der Waals surface area contributed by atoms with E-state index in [4.69, 9.17) is 0 Å². The van der Waals surface area contributed by atoms with E-state index in [1.54, 1.807) is 12.1 Å². The van der Waals surface area contributed by atoms with Crippen LogP contribution in [0.1, 0.15) is 16.8 Å². The molecule has 72 valence electrons. The zero-order chi connectivity index (χ0) is 10.3. The van der Waals surface area contributed by atoms with Gasteiger partial charge >= 0.3 is 0 Å². The van der Waals surface area contributed by atoms with Crippen LogP contribution in [0.2, 0.25) is 0 Å². The van der Waals surface area contributed by atoms with E-state index in [1.807, 2.05) is 26.8 Å². The molecule has 2 aromatic rings. The highest BCUT2D eigenvalue weighted by Crippen LogP contribution is 2.25. The van der Waals surface area contributed by atoms with Crippen molar-refractivity contribution in [3.8, 4) is 5.75 Å². The molecular formula is C12H13NO. The third-order valence-electron chi connectivity index (χ3n) is 2.42. The lowest BCUT2D eigenvalue weighted by Crippen LogP contribution is -1.89. The average molecular weight is 187 g/mol. The Morgan fingerprint density at radius 2 is 1.71 bits per heavy atom. The average Bonchev–Trinajstić information content (AvgIpc) is 2.07. The van der Waals surface area contributed by atoms with Gasteiger partial charge in [0, 0.05) is 11.1 Å². The van der Waals surface area contributed by atoms with E-state index in [0.717, 1.165) is 27.7 Å². The third-order valence-corrected chi connectivity index (χ3v) is 2.42. The van der Waals surface area contributed by atoms with Gasteiger partial charge in [-0.15, -0.1) is 0 Å². The molecule has 0 bridgehead atoms. The number of fused-ring (bicyclic) bond motifs is 1. The lowest BCUT2D eigenvalue weighted by atomic mass is 10.1. The first-order valence-electron chi connectivity index (χ1n) is 4.65. The molecule has 14 heavy (non-hydrogen) atoms. The Morgan fingerprint density at radius 3 is 2.43 bits per heavy atom. The maximum atomic E-state index is 9.48. The van der Waals surface area contributed by atoms with Gasteiger partial charge in [-0.3, -0.25) is 4.98 Å². The number of phenolic OH excluding ortho intramolecular Hbond substituents is 1. The lowest BCUT2D eigenvalue weighted by Gasteiger charge is -2.06. The van der Waals surface area contributed by atoms with Gasteiger partial charge in [-0.2, -0.15) is 0 Å². The van der Waals surface area contributed by atoms with Gasteiger partial charge in [-0.25, -0.2) is 0 Å². The number of aryl methyl sites for hydroxylation is 3. The second kappa shape index (κ2) is 2.98. The molecule has 2 nitrogen and oxygen atoms in total. The standard InChI is InChI=1S/C12H13NO/c1-7-4-9(3)13-12-8(2)5-10(14)6-11(7)12/h4-6,14H,1-3H3. The highest BCUT2D eigenvalue weighted by Gasteiger charge is 2.04. The summed E-state index contributed by atoms with van der Waals surface area (Å²) in [5.74, 6) is 0.309. The second-order valence-corrected chi connectivity index (χ2v) is 3.74. The molecule has 0 fully saturated rings. The van der Waals surface area contributed by atoms with Crippen molar-refractivity contribution in [1.82, 2.24) is 4.98 Å². The van der Waals surface area contributed by atoms with Crippen molar-refractivity contribution in [2.45, 2.75) is 20.8 Å². The predicted molar refractivity (Wildman–Crippen MR) is 57.6 cm³/mol. The van der Waals surface area contributed by atoms with Gasteiger partial charge in [-0.05, 0) is 50.1 Å². The molecule has 1 aromatic carbocycles. The van der Waals surface area contributed by atoms with Crippen LogP contribution in [0.25, 0.3) is 10.9 Å². The van der Waals surface area contributed by atoms with Crippen molar-refractivity contribution in [2.24, 2.45) is 0 Å². The summed E-state index contributed by atoms with van der Waals surface area (Å²) in [7, 11) is 0. The van der Waals surface area contributed by atoms with Gasteiger partial charge in [-0.1, -0.05) is 0 Å². The van der Waals surface area contributed by atoms with Gasteiger partial charge in [0.05, 0.1) is 5.52 Å². The van der Waals surface area contributed by atoms with E-state index in [0.29, 0.717) is 5.75 Å². The minimum atomic E-state index is 0.309. The fraction of sp³-hybridized carbons (Fsp3) is 0.250. The smallest absolute Gasteiger partial charge is 0.116 e. The van der Waals surface area contributed by atoms with Crippen molar-refractivity contribution in [1.29, 1.82) is 0 Å². The minimum Gasteiger partial charge on any atom is -0.508 e. The van der Waals surface area contributed by atoms with Gasteiger partial charge in [0.25, 0.3) is 0 Å². The SMILES string of the molecule is Cc1cc(C)c2cc(O)cc(C)c2n1. The first-order chi connectivity index (χ1) is 6.58. The van der Waals surface area contributed by atoms with E-state index in [-0.39, 0.29) is 0 Å². The quantitative estimate of drug-likeness (QED) is 0.688. The molecule has 0 radical (unpaired) electrons. The highest BCUT2D eigenvalue weighted by molar-refractivity contribution is 5.86. The molecule has 2 heteroatoms. The fourth-order valence-electron chi connectivity index (χ4n) is 1.81. The summed E-state index contributed by atoms with van der Waals surface area (Å²) < 4.78 is 0. The van der Waals surface area contributed by atoms with Gasteiger partial charge in [0.15, 0.2) is 0 Å². The summed E-state index contributed by atoms with van der Waals surface area (Å²) in [6.45, 7) is 5.99. The normalized spacial score (nSPS) is 10.8. The van der Waals surface area contributed by atoms with Crippen LogP contribution in [0.3, 0.4) is 0 Å². The van der Waals surface area contributed by atoms with E-state index < -0.39 is 0 Å². The molecule has 0 spiro atoms. The Bertz CT molecular complexity index is 456. The molecule has 1 aromatic heterocycles. The van der Waals surface area contributed by atoms with Crippen LogP contribution >= 0.6 is 0 Å². The van der Waals surface area contributed by atoms with Crippen molar-refractivity contribution < 1.29 is 5.11 Å². The second-order valence-electron chi connectivity index (χ2n) is 3.74.